The van der Waals surface area contributed by atoms with Gasteiger partial charge in [-0.15, -0.1) is 0 Å². The van der Waals surface area contributed by atoms with Gasteiger partial charge >= 0.3 is 0 Å². The Labute approximate surface area is 93.5 Å². The molecule has 2 aromatic rings. The fourth-order valence-corrected chi connectivity index (χ4v) is 1.75. The molecule has 1 aromatic carbocycles. The summed E-state index contributed by atoms with van der Waals surface area (Å²) in [6.45, 7) is 1.98. The second-order valence-corrected chi connectivity index (χ2v) is 3.51. The van der Waals surface area contributed by atoms with E-state index >= 15 is 0 Å². The highest BCUT2D eigenvalue weighted by Gasteiger charge is 2.16. The van der Waals surface area contributed by atoms with E-state index in [1.807, 2.05) is 37.3 Å². The van der Waals surface area contributed by atoms with Crippen LogP contribution in [0.4, 0.5) is 0 Å². The molecule has 0 saturated carbocycles. The van der Waals surface area contributed by atoms with E-state index < -0.39 is 5.91 Å². The van der Waals surface area contributed by atoms with Gasteiger partial charge in [-0.3, -0.25) is 9.89 Å². The Balaban J connectivity index is 2.54. The van der Waals surface area contributed by atoms with E-state index in [0.717, 1.165) is 23.2 Å². The molecule has 0 unspecified atom stereocenters. The van der Waals surface area contributed by atoms with E-state index in [-0.39, 0.29) is 0 Å². The lowest BCUT2D eigenvalue weighted by atomic mass is 10.0. The third-order valence-electron chi connectivity index (χ3n) is 2.51. The Morgan fingerprint density at radius 3 is 2.62 bits per heavy atom. The molecule has 16 heavy (non-hydrogen) atoms. The van der Waals surface area contributed by atoms with Crippen LogP contribution in [0, 0.1) is 0 Å². The molecule has 1 aromatic heterocycles. The van der Waals surface area contributed by atoms with Gasteiger partial charge in [0.1, 0.15) is 5.69 Å². The molecule has 0 bridgehead atoms. The van der Waals surface area contributed by atoms with Crippen molar-refractivity contribution in [3.8, 4) is 11.3 Å². The van der Waals surface area contributed by atoms with Crippen molar-refractivity contribution in [1.82, 2.24) is 10.2 Å². The highest BCUT2D eigenvalue weighted by atomic mass is 16.1. The molecule has 0 aliphatic rings. The fourth-order valence-electron chi connectivity index (χ4n) is 1.75. The van der Waals surface area contributed by atoms with Crippen LogP contribution in [-0.4, -0.2) is 16.1 Å². The number of amides is 1. The third kappa shape index (κ3) is 1.69. The van der Waals surface area contributed by atoms with Crippen molar-refractivity contribution in [3.63, 3.8) is 0 Å². The first-order chi connectivity index (χ1) is 7.74. The van der Waals surface area contributed by atoms with Crippen molar-refractivity contribution in [2.24, 2.45) is 5.73 Å². The molecule has 4 heteroatoms. The fraction of sp³-hybridized carbons (Fsp3) is 0.167. The van der Waals surface area contributed by atoms with Gasteiger partial charge in [-0.1, -0.05) is 37.3 Å². The Hall–Kier alpha value is -2.10. The average Bonchev–Trinajstić information content (AvgIpc) is 2.73. The van der Waals surface area contributed by atoms with Crippen molar-refractivity contribution in [3.05, 3.63) is 41.6 Å². The Morgan fingerprint density at radius 1 is 1.38 bits per heavy atom. The highest BCUT2D eigenvalue weighted by Crippen LogP contribution is 2.23. The Kier molecular flexibility index (Phi) is 2.72. The smallest absolute Gasteiger partial charge is 0.267 e. The molecular weight excluding hydrogens is 202 g/mol. The molecule has 3 N–H and O–H groups in total. The van der Waals surface area contributed by atoms with Crippen molar-refractivity contribution in [2.75, 3.05) is 0 Å². The number of carbonyl (C=O) groups is 1. The molecule has 0 aliphatic carbocycles. The maximum Gasteiger partial charge on any atom is 0.267 e. The number of nitrogens with zero attached hydrogens (tertiary/aromatic N) is 1. The zero-order valence-electron chi connectivity index (χ0n) is 9.03. The summed E-state index contributed by atoms with van der Waals surface area (Å²) in [6, 6.07) is 9.73. The molecule has 2 rings (SSSR count). The van der Waals surface area contributed by atoms with Crippen LogP contribution in [0.5, 0.6) is 0 Å². The minimum atomic E-state index is -0.466. The summed E-state index contributed by atoms with van der Waals surface area (Å²) in [5.74, 6) is -0.466. The number of aromatic nitrogens is 2. The molecule has 0 saturated heterocycles. The van der Waals surface area contributed by atoms with Crippen molar-refractivity contribution >= 4 is 5.91 Å². The molecular formula is C12H13N3O. The molecule has 0 atom stereocenters. The summed E-state index contributed by atoms with van der Waals surface area (Å²) >= 11 is 0. The number of nitrogens with one attached hydrogen (secondary N) is 1. The number of rotatable bonds is 3. The quantitative estimate of drug-likeness (QED) is 0.818. The van der Waals surface area contributed by atoms with E-state index in [0.29, 0.717) is 5.69 Å². The molecule has 1 heterocycles. The van der Waals surface area contributed by atoms with E-state index in [1.165, 1.54) is 0 Å². The first-order valence-corrected chi connectivity index (χ1v) is 5.16. The van der Waals surface area contributed by atoms with Gasteiger partial charge in [-0.25, -0.2) is 0 Å². The zero-order chi connectivity index (χ0) is 11.5. The summed E-state index contributed by atoms with van der Waals surface area (Å²) in [4.78, 5) is 11.2. The van der Waals surface area contributed by atoms with Gasteiger partial charge in [0, 0.05) is 11.1 Å². The maximum absolute atomic E-state index is 11.2. The van der Waals surface area contributed by atoms with Gasteiger partial charge < -0.3 is 5.73 Å². The SMILES string of the molecule is CCc1c(-c2ccccc2)n[nH]c1C(N)=O. The van der Waals surface area contributed by atoms with Gasteiger partial charge in [0.15, 0.2) is 0 Å². The van der Waals surface area contributed by atoms with Crippen molar-refractivity contribution in [1.29, 1.82) is 0 Å². The Morgan fingerprint density at radius 2 is 2.06 bits per heavy atom. The molecule has 0 radical (unpaired) electrons. The third-order valence-corrected chi connectivity index (χ3v) is 2.51. The summed E-state index contributed by atoms with van der Waals surface area (Å²) in [7, 11) is 0. The molecule has 0 spiro atoms. The number of benzene rings is 1. The van der Waals surface area contributed by atoms with Gasteiger partial charge in [0.25, 0.3) is 5.91 Å². The summed E-state index contributed by atoms with van der Waals surface area (Å²) < 4.78 is 0. The monoisotopic (exact) mass is 215 g/mol. The Bertz CT molecular complexity index is 502. The molecule has 0 aliphatic heterocycles. The number of hydrogen-bond acceptors (Lipinski definition) is 2. The minimum Gasteiger partial charge on any atom is -0.364 e. The summed E-state index contributed by atoms with van der Waals surface area (Å²) in [6.07, 6.45) is 0.721. The lowest BCUT2D eigenvalue weighted by Crippen LogP contribution is -2.13. The van der Waals surface area contributed by atoms with Crippen LogP contribution in [0.15, 0.2) is 30.3 Å². The number of H-pyrrole nitrogens is 1. The van der Waals surface area contributed by atoms with E-state index in [2.05, 4.69) is 10.2 Å². The van der Waals surface area contributed by atoms with Crippen LogP contribution in [-0.2, 0) is 6.42 Å². The lowest BCUT2D eigenvalue weighted by Gasteiger charge is -2.00. The van der Waals surface area contributed by atoms with Gasteiger partial charge in [-0.2, -0.15) is 5.10 Å². The van der Waals surface area contributed by atoms with Crippen LogP contribution >= 0.6 is 0 Å². The standard InChI is InChI=1S/C12H13N3O/c1-2-9-10(8-6-4-3-5-7-8)14-15-11(9)12(13)16/h3-7H,2H2,1H3,(H2,13,16)(H,14,15). The summed E-state index contributed by atoms with van der Waals surface area (Å²) in [5.41, 5.74) is 8.34. The first kappa shape index (κ1) is 10.4. The van der Waals surface area contributed by atoms with Gasteiger partial charge in [0.2, 0.25) is 0 Å². The summed E-state index contributed by atoms with van der Waals surface area (Å²) in [5, 5.41) is 6.85. The van der Waals surface area contributed by atoms with Crippen LogP contribution in [0.25, 0.3) is 11.3 Å². The van der Waals surface area contributed by atoms with Gasteiger partial charge in [-0.05, 0) is 6.42 Å². The largest absolute Gasteiger partial charge is 0.364 e. The van der Waals surface area contributed by atoms with Gasteiger partial charge in [0.05, 0.1) is 5.69 Å². The molecule has 82 valence electrons. The van der Waals surface area contributed by atoms with E-state index in [9.17, 15) is 4.79 Å². The zero-order valence-corrected chi connectivity index (χ0v) is 9.03. The minimum absolute atomic E-state index is 0.404. The van der Waals surface area contributed by atoms with Crippen LogP contribution in [0.3, 0.4) is 0 Å². The highest BCUT2D eigenvalue weighted by molar-refractivity contribution is 5.94. The van der Waals surface area contributed by atoms with Crippen LogP contribution < -0.4 is 5.73 Å². The van der Waals surface area contributed by atoms with Crippen molar-refractivity contribution in [2.45, 2.75) is 13.3 Å². The topological polar surface area (TPSA) is 71.8 Å². The predicted octanol–water partition coefficient (Wildman–Crippen LogP) is 1.74. The number of hydrogen-bond donors (Lipinski definition) is 2. The van der Waals surface area contributed by atoms with E-state index in [4.69, 9.17) is 5.73 Å². The van der Waals surface area contributed by atoms with Crippen LogP contribution in [0.2, 0.25) is 0 Å². The number of primary amides is 1. The maximum atomic E-state index is 11.2. The second-order valence-electron chi connectivity index (χ2n) is 3.51. The normalized spacial score (nSPS) is 10.3. The first-order valence-electron chi connectivity index (χ1n) is 5.16. The molecule has 1 amide bonds. The number of nitrogens with two attached hydrogens (primary N) is 1. The number of carbonyl (C=O) groups excluding carboxylic acids is 1. The number of aromatic amines is 1. The second kappa shape index (κ2) is 4.18. The average molecular weight is 215 g/mol. The van der Waals surface area contributed by atoms with Crippen molar-refractivity contribution < 1.29 is 4.79 Å². The molecule has 0 fully saturated rings. The van der Waals surface area contributed by atoms with Crippen LogP contribution in [0.1, 0.15) is 23.0 Å². The molecule has 4 nitrogen and oxygen atoms in total. The predicted molar refractivity (Wildman–Crippen MR) is 61.9 cm³/mol. The lowest BCUT2D eigenvalue weighted by molar-refractivity contribution is 0.0994. The van der Waals surface area contributed by atoms with E-state index in [1.54, 1.807) is 0 Å².